The fourth-order valence-corrected chi connectivity index (χ4v) is 2.09. The van der Waals surface area contributed by atoms with Crippen LogP contribution in [-0.4, -0.2) is 54.7 Å². The normalized spacial score (nSPS) is 12.5. The highest BCUT2D eigenvalue weighted by molar-refractivity contribution is 5.88. The minimum atomic E-state index is -1.12. The molecule has 0 rings (SSSR count). The highest BCUT2D eigenvalue weighted by atomic mass is 16.7. The van der Waals surface area contributed by atoms with Gasteiger partial charge in [-0.2, -0.15) is 0 Å². The summed E-state index contributed by atoms with van der Waals surface area (Å²) < 4.78 is 19.8. The topological polar surface area (TPSA) is 129 Å². The highest BCUT2D eigenvalue weighted by Gasteiger charge is 2.27. The molecule has 0 saturated heterocycles. The summed E-state index contributed by atoms with van der Waals surface area (Å²) in [4.78, 5) is 47.7. The first-order chi connectivity index (χ1) is 14.1. The van der Waals surface area contributed by atoms with Crippen molar-refractivity contribution in [3.8, 4) is 0 Å². The van der Waals surface area contributed by atoms with E-state index in [2.05, 4.69) is 15.4 Å². The number of ether oxygens (including phenoxy) is 4. The van der Waals surface area contributed by atoms with Crippen LogP contribution < -0.4 is 10.6 Å². The first-order valence-corrected chi connectivity index (χ1v) is 10.4. The molecule has 0 spiro atoms. The van der Waals surface area contributed by atoms with Gasteiger partial charge in [0.2, 0.25) is 0 Å². The van der Waals surface area contributed by atoms with Crippen LogP contribution in [0.1, 0.15) is 74.7 Å². The van der Waals surface area contributed by atoms with Gasteiger partial charge in [-0.05, 0) is 66.7 Å². The van der Waals surface area contributed by atoms with Gasteiger partial charge in [0, 0.05) is 6.54 Å². The summed E-state index contributed by atoms with van der Waals surface area (Å²) in [7, 11) is 0. The molecule has 0 radical (unpaired) electrons. The molecular weight excluding hydrogens is 408 g/mol. The molecule has 0 heterocycles. The Morgan fingerprint density at radius 3 is 1.90 bits per heavy atom. The lowest BCUT2D eigenvalue weighted by Gasteiger charge is -2.22. The summed E-state index contributed by atoms with van der Waals surface area (Å²) in [6.07, 6.45) is -1.34. The van der Waals surface area contributed by atoms with Crippen molar-refractivity contribution in [3.05, 3.63) is 0 Å². The number of unbranched alkanes of at least 4 members (excludes halogenated alkanes) is 1. The number of nitrogens with one attached hydrogen (secondary N) is 2. The van der Waals surface area contributed by atoms with Crippen LogP contribution in [0.5, 0.6) is 0 Å². The largest absolute Gasteiger partial charge is 0.516 e. The van der Waals surface area contributed by atoms with Crippen molar-refractivity contribution in [1.29, 1.82) is 0 Å². The Morgan fingerprint density at radius 2 is 1.39 bits per heavy atom. The van der Waals surface area contributed by atoms with Crippen molar-refractivity contribution in [3.63, 3.8) is 0 Å². The average molecular weight is 447 g/mol. The molecule has 0 aromatic rings. The molecule has 2 amide bonds. The second kappa shape index (κ2) is 13.0. The molecule has 0 unspecified atom stereocenters. The Hall–Kier alpha value is -2.52. The van der Waals surface area contributed by atoms with Gasteiger partial charge in [0.05, 0.1) is 6.61 Å². The van der Waals surface area contributed by atoms with E-state index >= 15 is 0 Å². The zero-order valence-corrected chi connectivity index (χ0v) is 20.0. The Kier molecular flexibility index (Phi) is 12.0. The monoisotopic (exact) mass is 446 g/mol. The predicted octanol–water partition coefficient (Wildman–Crippen LogP) is 3.91. The molecule has 0 aliphatic rings. The molecule has 0 aliphatic carbocycles. The van der Waals surface area contributed by atoms with Crippen LogP contribution in [0.25, 0.3) is 0 Å². The van der Waals surface area contributed by atoms with Gasteiger partial charge in [0.15, 0.2) is 0 Å². The van der Waals surface area contributed by atoms with Gasteiger partial charge in [0.1, 0.15) is 17.2 Å². The first-order valence-electron chi connectivity index (χ1n) is 10.4. The van der Waals surface area contributed by atoms with Crippen LogP contribution in [-0.2, 0) is 23.7 Å². The molecule has 180 valence electrons. The van der Waals surface area contributed by atoms with Crippen molar-refractivity contribution in [2.45, 2.75) is 91.9 Å². The second-order valence-corrected chi connectivity index (χ2v) is 9.50. The molecule has 0 aromatic heterocycles. The van der Waals surface area contributed by atoms with Crippen LogP contribution in [0, 0.1) is 5.92 Å². The molecule has 1 atom stereocenters. The zero-order chi connectivity index (χ0) is 24.2. The number of amides is 2. The van der Waals surface area contributed by atoms with Gasteiger partial charge >= 0.3 is 24.3 Å². The molecule has 31 heavy (non-hydrogen) atoms. The number of carbonyl (C=O) groups is 4. The maximum Gasteiger partial charge on any atom is 0.516 e. The molecule has 0 bridgehead atoms. The lowest BCUT2D eigenvalue weighted by molar-refractivity contribution is -0.142. The lowest BCUT2D eigenvalue weighted by Crippen LogP contribution is -2.45. The number of hydrogen-bond acceptors (Lipinski definition) is 8. The number of carbonyl (C=O) groups excluding carboxylic acids is 4. The van der Waals surface area contributed by atoms with Crippen molar-refractivity contribution in [2.75, 3.05) is 13.2 Å². The zero-order valence-electron chi connectivity index (χ0n) is 20.0. The number of hydrogen-bond donors (Lipinski definition) is 2. The number of esters is 1. The third kappa shape index (κ3) is 16.9. The average Bonchev–Trinajstić information content (AvgIpc) is 2.55. The van der Waals surface area contributed by atoms with Gasteiger partial charge in [-0.3, -0.25) is 0 Å². The van der Waals surface area contributed by atoms with E-state index < -0.39 is 41.6 Å². The van der Waals surface area contributed by atoms with E-state index in [9.17, 15) is 19.2 Å². The van der Waals surface area contributed by atoms with E-state index in [1.165, 1.54) is 0 Å². The van der Waals surface area contributed by atoms with Gasteiger partial charge in [-0.25, -0.2) is 19.2 Å². The molecule has 0 fully saturated rings. The maximum atomic E-state index is 12.3. The Balaban J connectivity index is 4.70. The van der Waals surface area contributed by atoms with E-state index in [4.69, 9.17) is 14.2 Å². The summed E-state index contributed by atoms with van der Waals surface area (Å²) in [5, 5.41) is 5.03. The Bertz CT molecular complexity index is 605. The third-order valence-corrected chi connectivity index (χ3v) is 3.28. The van der Waals surface area contributed by atoms with Crippen LogP contribution in [0.4, 0.5) is 14.4 Å². The van der Waals surface area contributed by atoms with E-state index in [1.807, 2.05) is 13.8 Å². The molecule has 2 N–H and O–H groups in total. The third-order valence-electron chi connectivity index (χ3n) is 3.28. The van der Waals surface area contributed by atoms with Gasteiger partial charge in [-0.1, -0.05) is 13.8 Å². The molecule has 10 heteroatoms. The molecule has 0 aromatic carbocycles. The molecular formula is C21H38N2O8. The van der Waals surface area contributed by atoms with Crippen molar-refractivity contribution < 1.29 is 38.1 Å². The fourth-order valence-electron chi connectivity index (χ4n) is 2.09. The second-order valence-electron chi connectivity index (χ2n) is 9.50. The van der Waals surface area contributed by atoms with Gasteiger partial charge in [0.25, 0.3) is 0 Å². The van der Waals surface area contributed by atoms with Gasteiger partial charge < -0.3 is 29.6 Å². The van der Waals surface area contributed by atoms with Gasteiger partial charge in [-0.15, -0.1) is 0 Å². The summed E-state index contributed by atoms with van der Waals surface area (Å²) in [5.41, 5.74) is -1.35. The van der Waals surface area contributed by atoms with E-state index in [0.29, 0.717) is 19.4 Å². The Morgan fingerprint density at radius 1 is 0.839 bits per heavy atom. The van der Waals surface area contributed by atoms with E-state index in [1.54, 1.807) is 41.5 Å². The van der Waals surface area contributed by atoms with Crippen LogP contribution in [0.15, 0.2) is 0 Å². The SMILES string of the molecule is CC(C)COC(=O)OC(=O)[C@H](CCCCNC(=O)OC(C)(C)C)NC(=O)OC(C)(C)C. The first kappa shape index (κ1) is 28.5. The van der Waals surface area contributed by atoms with Crippen LogP contribution in [0.3, 0.4) is 0 Å². The Labute approximate surface area is 184 Å². The van der Waals surface area contributed by atoms with Crippen molar-refractivity contribution >= 4 is 24.3 Å². The fraction of sp³-hybridized carbons (Fsp3) is 0.810. The summed E-state index contributed by atoms with van der Waals surface area (Å²) in [5.74, 6) is -0.865. The summed E-state index contributed by atoms with van der Waals surface area (Å²) >= 11 is 0. The van der Waals surface area contributed by atoms with Crippen LogP contribution >= 0.6 is 0 Å². The van der Waals surface area contributed by atoms with E-state index in [-0.39, 0.29) is 18.9 Å². The maximum absolute atomic E-state index is 12.3. The van der Waals surface area contributed by atoms with Crippen LogP contribution in [0.2, 0.25) is 0 Å². The summed E-state index contributed by atoms with van der Waals surface area (Å²) in [6, 6.07) is -1.11. The number of alkyl carbamates (subject to hydrolysis) is 2. The van der Waals surface area contributed by atoms with E-state index in [0.717, 1.165) is 0 Å². The quantitative estimate of drug-likeness (QED) is 0.236. The number of rotatable bonds is 9. The molecule has 10 nitrogen and oxygen atoms in total. The minimum absolute atomic E-state index is 0.0795. The predicted molar refractivity (Wildman–Crippen MR) is 114 cm³/mol. The smallest absolute Gasteiger partial charge is 0.444 e. The summed E-state index contributed by atoms with van der Waals surface area (Å²) in [6.45, 7) is 14.4. The molecule has 0 saturated carbocycles. The lowest BCUT2D eigenvalue weighted by atomic mass is 10.1. The standard InChI is InChI=1S/C21H38N2O8/c1-14(2)13-28-19(27)29-16(24)15(23-18(26)31-21(6,7)8)11-9-10-12-22-17(25)30-20(3,4)5/h14-15H,9-13H2,1-8H3,(H,22,25)(H,23,26)/t15-/m0/s1. The molecule has 0 aliphatic heterocycles. The highest BCUT2D eigenvalue weighted by Crippen LogP contribution is 2.10. The van der Waals surface area contributed by atoms with Crippen molar-refractivity contribution in [2.24, 2.45) is 5.92 Å². The van der Waals surface area contributed by atoms with Crippen molar-refractivity contribution in [1.82, 2.24) is 10.6 Å². The minimum Gasteiger partial charge on any atom is -0.444 e.